The highest BCUT2D eigenvalue weighted by atomic mass is 35.5. The summed E-state index contributed by atoms with van der Waals surface area (Å²) in [5.41, 5.74) is 0.538. The van der Waals surface area contributed by atoms with Crippen molar-refractivity contribution in [3.8, 4) is 6.07 Å². The monoisotopic (exact) mass is 295 g/mol. The van der Waals surface area contributed by atoms with Crippen molar-refractivity contribution in [2.24, 2.45) is 0 Å². The molecule has 0 fully saturated rings. The van der Waals surface area contributed by atoms with Gasteiger partial charge in [0.2, 0.25) is 5.91 Å². The Labute approximate surface area is 121 Å². The fraction of sp³-hybridized carbons (Fsp3) is 0.308. The van der Waals surface area contributed by atoms with Gasteiger partial charge < -0.3 is 14.9 Å². The van der Waals surface area contributed by atoms with Crippen LogP contribution in [0.1, 0.15) is 6.42 Å². The molecule has 0 aliphatic heterocycles. The number of carbonyl (C=O) groups is 2. The van der Waals surface area contributed by atoms with Crippen molar-refractivity contribution in [2.75, 3.05) is 25.0 Å². The number of anilines is 1. The number of hydrogen-bond acceptors (Lipinski definition) is 3. The Balaban J connectivity index is 2.92. The number of halogens is 1. The van der Waals surface area contributed by atoms with Crippen molar-refractivity contribution in [2.45, 2.75) is 6.42 Å². The number of nitrogens with zero attached hydrogens (tertiary/aromatic N) is 3. The summed E-state index contributed by atoms with van der Waals surface area (Å²) >= 11 is 5.88. The Morgan fingerprint density at radius 2 is 2.15 bits per heavy atom. The lowest BCUT2D eigenvalue weighted by Crippen LogP contribution is -2.41. The van der Waals surface area contributed by atoms with Crippen LogP contribution in [-0.2, 0) is 4.79 Å². The van der Waals surface area contributed by atoms with E-state index in [2.05, 4.69) is 0 Å². The zero-order valence-corrected chi connectivity index (χ0v) is 11.7. The predicted molar refractivity (Wildman–Crippen MR) is 74.7 cm³/mol. The molecule has 0 unspecified atom stereocenters. The molecule has 0 bridgehead atoms. The summed E-state index contributed by atoms with van der Waals surface area (Å²) in [6.45, 7) is -0.101. The van der Waals surface area contributed by atoms with Crippen LogP contribution in [0.25, 0.3) is 0 Å². The third kappa shape index (κ3) is 4.44. The molecule has 0 aliphatic rings. The first-order chi connectivity index (χ1) is 9.45. The molecular formula is C13H14ClN3O3. The Bertz CT molecular complexity index is 542. The molecule has 1 rings (SSSR count). The molecule has 0 saturated carbocycles. The van der Waals surface area contributed by atoms with Crippen molar-refractivity contribution < 1.29 is 14.7 Å². The van der Waals surface area contributed by atoms with Gasteiger partial charge in [0.1, 0.15) is 6.54 Å². The van der Waals surface area contributed by atoms with Crippen molar-refractivity contribution in [3.63, 3.8) is 0 Å². The maximum absolute atomic E-state index is 12.1. The minimum absolute atomic E-state index is 0.148. The fourth-order valence-corrected chi connectivity index (χ4v) is 1.74. The van der Waals surface area contributed by atoms with Crippen LogP contribution >= 0.6 is 11.6 Å². The van der Waals surface area contributed by atoms with Gasteiger partial charge in [0.25, 0.3) is 0 Å². The largest absolute Gasteiger partial charge is 0.465 e. The van der Waals surface area contributed by atoms with E-state index in [1.54, 1.807) is 24.3 Å². The Hall–Kier alpha value is -2.26. The maximum Gasteiger partial charge on any atom is 0.407 e. The Kier molecular flexibility index (Phi) is 5.81. The Morgan fingerprint density at radius 1 is 1.45 bits per heavy atom. The van der Waals surface area contributed by atoms with E-state index in [9.17, 15) is 9.59 Å². The van der Waals surface area contributed by atoms with Crippen molar-refractivity contribution in [1.82, 2.24) is 4.90 Å². The molecule has 0 saturated heterocycles. The average molecular weight is 296 g/mol. The highest BCUT2D eigenvalue weighted by Gasteiger charge is 2.19. The van der Waals surface area contributed by atoms with Crippen molar-refractivity contribution >= 4 is 29.3 Å². The van der Waals surface area contributed by atoms with Crippen LogP contribution in [0.4, 0.5) is 10.5 Å². The summed E-state index contributed by atoms with van der Waals surface area (Å²) in [5, 5.41) is 17.9. The number of likely N-dealkylation sites (N-methyl/N-ethyl adjacent to an activating group) is 1. The quantitative estimate of drug-likeness (QED) is 0.902. The molecule has 1 aromatic rings. The minimum Gasteiger partial charge on any atom is -0.465 e. The highest BCUT2D eigenvalue weighted by Crippen LogP contribution is 2.20. The van der Waals surface area contributed by atoms with E-state index in [4.69, 9.17) is 22.0 Å². The summed E-state index contributed by atoms with van der Waals surface area (Å²) in [5.74, 6) is -0.410. The van der Waals surface area contributed by atoms with Crippen LogP contribution in [0.2, 0.25) is 5.02 Å². The number of rotatable bonds is 5. The first-order valence-electron chi connectivity index (χ1n) is 5.82. The van der Waals surface area contributed by atoms with Crippen LogP contribution in [0, 0.1) is 11.3 Å². The van der Waals surface area contributed by atoms with E-state index in [1.807, 2.05) is 6.07 Å². The molecular weight excluding hydrogens is 282 g/mol. The average Bonchev–Trinajstić information content (AvgIpc) is 2.39. The highest BCUT2D eigenvalue weighted by molar-refractivity contribution is 6.30. The molecule has 1 aromatic carbocycles. The summed E-state index contributed by atoms with van der Waals surface area (Å²) in [4.78, 5) is 25.1. The normalized spacial score (nSPS) is 9.65. The van der Waals surface area contributed by atoms with Crippen LogP contribution in [0.3, 0.4) is 0 Å². The van der Waals surface area contributed by atoms with Gasteiger partial charge >= 0.3 is 6.09 Å². The molecule has 106 valence electrons. The summed E-state index contributed by atoms with van der Waals surface area (Å²) in [6, 6.07) is 8.59. The SMILES string of the molecule is CN(CC(=O)N(CCC#N)c1cccc(Cl)c1)C(=O)O. The second kappa shape index (κ2) is 7.36. The number of benzene rings is 1. The summed E-state index contributed by atoms with van der Waals surface area (Å²) < 4.78 is 0. The lowest BCUT2D eigenvalue weighted by Gasteiger charge is -2.24. The minimum atomic E-state index is -1.19. The molecule has 6 nitrogen and oxygen atoms in total. The molecule has 0 radical (unpaired) electrons. The zero-order valence-electron chi connectivity index (χ0n) is 10.9. The van der Waals surface area contributed by atoms with Gasteiger partial charge in [0.15, 0.2) is 0 Å². The van der Waals surface area contributed by atoms with E-state index < -0.39 is 12.0 Å². The van der Waals surface area contributed by atoms with Crippen molar-refractivity contribution in [3.05, 3.63) is 29.3 Å². The van der Waals surface area contributed by atoms with E-state index >= 15 is 0 Å². The standard InChI is InChI=1S/C13H14ClN3O3/c1-16(13(19)20)9-12(18)17(7-3-6-15)11-5-2-4-10(14)8-11/h2,4-5,8H,3,7,9H2,1H3,(H,19,20). The van der Waals surface area contributed by atoms with E-state index in [-0.39, 0.29) is 19.5 Å². The maximum atomic E-state index is 12.1. The molecule has 0 spiro atoms. The first kappa shape index (κ1) is 15.8. The number of hydrogen-bond donors (Lipinski definition) is 1. The molecule has 0 heterocycles. The van der Waals surface area contributed by atoms with Gasteiger partial charge in [-0.2, -0.15) is 5.26 Å². The number of carbonyl (C=O) groups excluding carboxylic acids is 1. The smallest absolute Gasteiger partial charge is 0.407 e. The second-order valence-corrected chi connectivity index (χ2v) is 4.51. The third-order valence-corrected chi connectivity index (χ3v) is 2.80. The fourth-order valence-electron chi connectivity index (χ4n) is 1.56. The number of carboxylic acid groups (broad SMARTS) is 1. The van der Waals surface area contributed by atoms with E-state index in [0.29, 0.717) is 10.7 Å². The number of nitriles is 1. The topological polar surface area (TPSA) is 84.6 Å². The van der Waals surface area contributed by atoms with Gasteiger partial charge in [-0.25, -0.2) is 4.79 Å². The predicted octanol–water partition coefficient (Wildman–Crippen LogP) is 2.20. The van der Waals surface area contributed by atoms with Gasteiger partial charge in [-0.3, -0.25) is 4.79 Å². The summed E-state index contributed by atoms with van der Waals surface area (Å²) in [6.07, 6.45) is -1.04. The van der Waals surface area contributed by atoms with Gasteiger partial charge in [0, 0.05) is 24.3 Å². The molecule has 0 atom stereocenters. The Morgan fingerprint density at radius 3 is 2.70 bits per heavy atom. The van der Waals surface area contributed by atoms with E-state index in [1.165, 1.54) is 11.9 Å². The summed E-state index contributed by atoms with van der Waals surface area (Å²) in [7, 11) is 1.31. The van der Waals surface area contributed by atoms with Crippen LogP contribution in [0.5, 0.6) is 0 Å². The molecule has 0 aromatic heterocycles. The second-order valence-electron chi connectivity index (χ2n) is 4.07. The molecule has 1 N–H and O–H groups in total. The van der Waals surface area contributed by atoms with Gasteiger partial charge in [-0.05, 0) is 18.2 Å². The van der Waals surface area contributed by atoms with E-state index in [0.717, 1.165) is 4.90 Å². The lowest BCUT2D eigenvalue weighted by atomic mass is 10.2. The molecule has 0 aliphatic carbocycles. The van der Waals surface area contributed by atoms with Gasteiger partial charge in [-0.15, -0.1) is 0 Å². The third-order valence-electron chi connectivity index (χ3n) is 2.57. The molecule has 7 heteroatoms. The zero-order chi connectivity index (χ0) is 15.1. The van der Waals surface area contributed by atoms with Crippen LogP contribution < -0.4 is 4.90 Å². The lowest BCUT2D eigenvalue weighted by molar-refractivity contribution is -0.119. The van der Waals surface area contributed by atoms with Crippen LogP contribution in [-0.4, -0.2) is 42.1 Å². The van der Waals surface area contributed by atoms with Crippen LogP contribution in [0.15, 0.2) is 24.3 Å². The molecule has 2 amide bonds. The number of amides is 2. The first-order valence-corrected chi connectivity index (χ1v) is 6.20. The van der Waals surface area contributed by atoms with Gasteiger partial charge in [-0.1, -0.05) is 17.7 Å². The molecule has 20 heavy (non-hydrogen) atoms. The van der Waals surface area contributed by atoms with Crippen molar-refractivity contribution in [1.29, 1.82) is 5.26 Å². The van der Waals surface area contributed by atoms with Gasteiger partial charge in [0.05, 0.1) is 12.5 Å².